The number of aliphatic hydroxyl groups is 1. The lowest BCUT2D eigenvalue weighted by molar-refractivity contribution is -0.384. The smallest absolute Gasteiger partial charge is 0.293 e. The first-order chi connectivity index (χ1) is 10.2. The summed E-state index contributed by atoms with van der Waals surface area (Å²) in [4.78, 5) is 12.6. The number of benzene rings is 1. The van der Waals surface area contributed by atoms with E-state index in [2.05, 4.69) is 0 Å². The molecule has 112 valence electrons. The Morgan fingerprint density at radius 3 is 2.76 bits per heavy atom. The van der Waals surface area contributed by atoms with Crippen molar-refractivity contribution >= 4 is 11.4 Å². The molecule has 0 aliphatic carbocycles. The van der Waals surface area contributed by atoms with Crippen molar-refractivity contribution in [2.24, 2.45) is 0 Å². The van der Waals surface area contributed by atoms with Gasteiger partial charge in [0.05, 0.1) is 35.9 Å². The molecule has 0 saturated carbocycles. The lowest BCUT2D eigenvalue weighted by atomic mass is 10.1. The summed E-state index contributed by atoms with van der Waals surface area (Å²) in [5, 5.41) is 28.7. The summed E-state index contributed by atoms with van der Waals surface area (Å²) >= 11 is 0. The normalized spacial score (nSPS) is 15.7. The molecule has 0 unspecified atom stereocenters. The molecular formula is C14H17N3O4. The zero-order valence-corrected chi connectivity index (χ0v) is 11.6. The predicted octanol–water partition coefficient (Wildman–Crippen LogP) is 1.44. The zero-order valence-electron chi connectivity index (χ0n) is 11.6. The summed E-state index contributed by atoms with van der Waals surface area (Å²) in [7, 11) is 0. The number of rotatable bonds is 5. The molecule has 1 aliphatic rings. The number of nitro benzene ring substituents is 1. The van der Waals surface area contributed by atoms with E-state index in [1.54, 1.807) is 12.1 Å². The number of piperidine rings is 1. The van der Waals surface area contributed by atoms with Crippen LogP contribution in [0.1, 0.15) is 18.4 Å². The largest absolute Gasteiger partial charge is 0.394 e. The van der Waals surface area contributed by atoms with Gasteiger partial charge in [-0.25, -0.2) is 0 Å². The molecule has 0 aromatic heterocycles. The summed E-state index contributed by atoms with van der Waals surface area (Å²) in [6.45, 7) is 1.63. The van der Waals surface area contributed by atoms with Gasteiger partial charge in [-0.05, 0) is 25.0 Å². The molecule has 1 aliphatic heterocycles. The first-order valence-electron chi connectivity index (χ1n) is 6.81. The lowest BCUT2D eigenvalue weighted by Gasteiger charge is -2.33. The fourth-order valence-electron chi connectivity index (χ4n) is 2.49. The second kappa shape index (κ2) is 7.02. The fourth-order valence-corrected chi connectivity index (χ4v) is 2.49. The Hall–Kier alpha value is -2.17. The van der Waals surface area contributed by atoms with Crippen molar-refractivity contribution in [3.8, 4) is 6.07 Å². The average Bonchev–Trinajstić information content (AvgIpc) is 2.52. The standard InChI is InChI=1S/C14H17N3O4/c15-10-11-1-2-13(14(9-11)17(19)20)16-5-3-12(4-6-16)21-8-7-18/h1-2,9,12,18H,3-8H2. The molecule has 1 N–H and O–H groups in total. The van der Waals surface area contributed by atoms with Gasteiger partial charge >= 0.3 is 0 Å². The van der Waals surface area contributed by atoms with Crippen LogP contribution in [-0.4, -0.2) is 42.4 Å². The van der Waals surface area contributed by atoms with Crippen molar-refractivity contribution < 1.29 is 14.8 Å². The van der Waals surface area contributed by atoms with E-state index in [0.29, 0.717) is 25.4 Å². The molecule has 1 saturated heterocycles. The summed E-state index contributed by atoms with van der Waals surface area (Å²) in [6, 6.07) is 6.45. The van der Waals surface area contributed by atoms with Gasteiger partial charge in [0, 0.05) is 19.2 Å². The van der Waals surface area contributed by atoms with Crippen molar-refractivity contribution in [1.29, 1.82) is 5.26 Å². The van der Waals surface area contributed by atoms with Crippen LogP contribution in [0, 0.1) is 21.4 Å². The van der Waals surface area contributed by atoms with E-state index in [9.17, 15) is 10.1 Å². The molecule has 2 rings (SSSR count). The topological polar surface area (TPSA) is 99.6 Å². The summed E-state index contributed by atoms with van der Waals surface area (Å²) in [5.41, 5.74) is 0.787. The van der Waals surface area contributed by atoms with Gasteiger partial charge in [-0.1, -0.05) is 0 Å². The molecule has 21 heavy (non-hydrogen) atoms. The Labute approximate surface area is 122 Å². The van der Waals surface area contributed by atoms with Crippen molar-refractivity contribution in [1.82, 2.24) is 0 Å². The van der Waals surface area contributed by atoms with Crippen molar-refractivity contribution in [3.05, 3.63) is 33.9 Å². The van der Waals surface area contributed by atoms with Gasteiger partial charge < -0.3 is 14.7 Å². The Bertz CT molecular complexity index is 548. The predicted molar refractivity (Wildman–Crippen MR) is 76.1 cm³/mol. The van der Waals surface area contributed by atoms with Crippen LogP contribution in [0.3, 0.4) is 0 Å². The minimum Gasteiger partial charge on any atom is -0.394 e. The lowest BCUT2D eigenvalue weighted by Crippen LogP contribution is -2.37. The number of ether oxygens (including phenoxy) is 1. The molecule has 7 nitrogen and oxygen atoms in total. The van der Waals surface area contributed by atoms with Crippen LogP contribution in [0.5, 0.6) is 0 Å². The quantitative estimate of drug-likeness (QED) is 0.651. The zero-order chi connectivity index (χ0) is 15.2. The van der Waals surface area contributed by atoms with Gasteiger partial charge in [-0.2, -0.15) is 5.26 Å². The minimum absolute atomic E-state index is 0.00130. The Balaban J connectivity index is 2.10. The maximum atomic E-state index is 11.2. The Kier molecular flexibility index (Phi) is 5.09. The number of nitro groups is 1. The third kappa shape index (κ3) is 3.68. The number of nitrogens with zero attached hydrogens (tertiary/aromatic N) is 3. The maximum Gasteiger partial charge on any atom is 0.293 e. The van der Waals surface area contributed by atoms with Gasteiger partial charge in [0.2, 0.25) is 0 Å². The first-order valence-corrected chi connectivity index (χ1v) is 6.81. The van der Waals surface area contributed by atoms with Crippen LogP contribution < -0.4 is 4.90 Å². The van der Waals surface area contributed by atoms with Crippen LogP contribution in [0.2, 0.25) is 0 Å². The third-order valence-electron chi connectivity index (χ3n) is 3.53. The van der Waals surface area contributed by atoms with Crippen LogP contribution in [0.15, 0.2) is 18.2 Å². The monoisotopic (exact) mass is 291 g/mol. The van der Waals surface area contributed by atoms with Crippen LogP contribution in [0.25, 0.3) is 0 Å². The summed E-state index contributed by atoms with van der Waals surface area (Å²) < 4.78 is 5.48. The summed E-state index contributed by atoms with van der Waals surface area (Å²) in [6.07, 6.45) is 1.61. The second-order valence-corrected chi connectivity index (χ2v) is 4.85. The van der Waals surface area contributed by atoms with Gasteiger partial charge in [-0.15, -0.1) is 0 Å². The van der Waals surface area contributed by atoms with E-state index in [-0.39, 0.29) is 24.0 Å². The van der Waals surface area contributed by atoms with Crippen LogP contribution in [0.4, 0.5) is 11.4 Å². The molecule has 7 heteroatoms. The van der Waals surface area contributed by atoms with E-state index >= 15 is 0 Å². The molecule has 1 fully saturated rings. The van der Waals surface area contributed by atoms with E-state index in [4.69, 9.17) is 15.1 Å². The molecular weight excluding hydrogens is 274 g/mol. The highest BCUT2D eigenvalue weighted by molar-refractivity contribution is 5.65. The molecule has 0 bridgehead atoms. The summed E-state index contributed by atoms with van der Waals surface area (Å²) in [5.74, 6) is 0. The Morgan fingerprint density at radius 1 is 1.48 bits per heavy atom. The van der Waals surface area contributed by atoms with Crippen molar-refractivity contribution in [2.45, 2.75) is 18.9 Å². The van der Waals surface area contributed by atoms with E-state index in [1.807, 2.05) is 11.0 Å². The molecule has 1 aromatic rings. The second-order valence-electron chi connectivity index (χ2n) is 4.85. The highest BCUT2D eigenvalue weighted by Gasteiger charge is 2.25. The van der Waals surface area contributed by atoms with E-state index in [0.717, 1.165) is 12.8 Å². The Morgan fingerprint density at radius 2 is 2.19 bits per heavy atom. The molecule has 0 atom stereocenters. The number of aliphatic hydroxyl groups excluding tert-OH is 1. The highest BCUT2D eigenvalue weighted by atomic mass is 16.6. The number of anilines is 1. The van der Waals surface area contributed by atoms with Gasteiger partial charge in [0.1, 0.15) is 5.69 Å². The van der Waals surface area contributed by atoms with E-state index < -0.39 is 4.92 Å². The highest BCUT2D eigenvalue weighted by Crippen LogP contribution is 2.31. The first kappa shape index (κ1) is 15.2. The van der Waals surface area contributed by atoms with Gasteiger partial charge in [0.25, 0.3) is 5.69 Å². The average molecular weight is 291 g/mol. The number of hydrogen-bond donors (Lipinski definition) is 1. The van der Waals surface area contributed by atoms with E-state index in [1.165, 1.54) is 6.07 Å². The minimum atomic E-state index is -0.454. The fraction of sp³-hybridized carbons (Fsp3) is 0.500. The number of hydrogen-bond acceptors (Lipinski definition) is 6. The molecule has 0 spiro atoms. The van der Waals surface area contributed by atoms with Gasteiger partial charge in [0.15, 0.2) is 0 Å². The van der Waals surface area contributed by atoms with Crippen molar-refractivity contribution in [2.75, 3.05) is 31.2 Å². The molecule has 1 aromatic carbocycles. The molecule has 0 radical (unpaired) electrons. The van der Waals surface area contributed by atoms with Crippen molar-refractivity contribution in [3.63, 3.8) is 0 Å². The molecule has 0 amide bonds. The van der Waals surface area contributed by atoms with Gasteiger partial charge in [-0.3, -0.25) is 10.1 Å². The molecule has 1 heterocycles. The third-order valence-corrected chi connectivity index (χ3v) is 3.53. The maximum absolute atomic E-state index is 11.2. The number of nitriles is 1. The van der Waals surface area contributed by atoms with Crippen LogP contribution in [-0.2, 0) is 4.74 Å². The van der Waals surface area contributed by atoms with Crippen LogP contribution >= 0.6 is 0 Å². The SMILES string of the molecule is N#Cc1ccc(N2CCC(OCCO)CC2)c([N+](=O)[O-])c1.